The molecule has 0 unspecified atom stereocenters. The summed E-state index contributed by atoms with van der Waals surface area (Å²) in [5.74, 6) is 4.99. The van der Waals surface area contributed by atoms with Crippen LogP contribution in [0.2, 0.25) is 0 Å². The van der Waals surface area contributed by atoms with E-state index in [9.17, 15) is 27.6 Å². The molecular weight excluding hydrogens is 537 g/mol. The van der Waals surface area contributed by atoms with Crippen LogP contribution in [0.3, 0.4) is 0 Å². The summed E-state index contributed by atoms with van der Waals surface area (Å²) in [5, 5.41) is 0. The van der Waals surface area contributed by atoms with E-state index in [0.717, 1.165) is 12.8 Å². The topological polar surface area (TPSA) is 107 Å². The fourth-order valence-corrected chi connectivity index (χ4v) is 4.01. The van der Waals surface area contributed by atoms with Gasteiger partial charge < -0.3 is 23.7 Å². The van der Waals surface area contributed by atoms with Gasteiger partial charge in [-0.15, -0.1) is 5.92 Å². The normalized spacial score (nSPS) is 18.8. The highest BCUT2D eigenvalue weighted by Crippen LogP contribution is 2.32. The monoisotopic (exact) mass is 568 g/mol. The third kappa shape index (κ3) is 7.60. The van der Waals surface area contributed by atoms with Crippen molar-refractivity contribution in [3.63, 3.8) is 0 Å². The Morgan fingerprint density at radius 2 is 1.88 bits per heavy atom. The highest BCUT2D eigenvalue weighted by Gasteiger charge is 2.41. The number of hydrogen-bond acceptors (Lipinski definition) is 8. The predicted molar refractivity (Wildman–Crippen MR) is 136 cm³/mol. The van der Waals surface area contributed by atoms with E-state index in [1.807, 2.05) is 6.92 Å². The largest absolute Gasteiger partial charge is 0.497 e. The maximum absolute atomic E-state index is 13.9. The van der Waals surface area contributed by atoms with E-state index in [2.05, 4.69) is 11.8 Å². The third-order valence-electron chi connectivity index (χ3n) is 6.08. The van der Waals surface area contributed by atoms with Gasteiger partial charge in [-0.2, -0.15) is 17.7 Å². The zero-order chi connectivity index (χ0) is 29.3. The molecule has 218 valence electrons. The van der Waals surface area contributed by atoms with Gasteiger partial charge in [-0.3, -0.25) is 14.2 Å². The van der Waals surface area contributed by atoms with Crippen LogP contribution in [-0.2, 0) is 25.1 Å². The van der Waals surface area contributed by atoms with E-state index in [-0.39, 0.29) is 36.6 Å². The lowest BCUT2D eigenvalue weighted by atomic mass is 10.2. The Bertz CT molecular complexity index is 1320. The first-order valence-corrected chi connectivity index (χ1v) is 12.6. The second-order valence-electron chi connectivity index (χ2n) is 8.85. The zero-order valence-electron chi connectivity index (χ0n) is 22.4. The Kier molecular flexibility index (Phi) is 11.1. The second-order valence-corrected chi connectivity index (χ2v) is 8.85. The average Bonchev–Trinajstić information content (AvgIpc) is 3.32. The van der Waals surface area contributed by atoms with Crippen LogP contribution in [0, 0.1) is 11.8 Å². The molecule has 3 rings (SSSR count). The van der Waals surface area contributed by atoms with Crippen LogP contribution < -0.4 is 16.0 Å². The van der Waals surface area contributed by atoms with Gasteiger partial charge in [0.2, 0.25) is 0 Å². The smallest absolute Gasteiger partial charge is 0.423 e. The Labute approximate surface area is 228 Å². The average molecular weight is 569 g/mol. The van der Waals surface area contributed by atoms with Crippen LogP contribution in [0.4, 0.5) is 13.2 Å². The summed E-state index contributed by atoms with van der Waals surface area (Å²) in [4.78, 5) is 39.2. The summed E-state index contributed by atoms with van der Waals surface area (Å²) in [6.45, 7) is 1.94. The summed E-state index contributed by atoms with van der Waals surface area (Å²) in [6, 6.07) is 5.22. The number of benzene rings is 1. The Morgan fingerprint density at radius 1 is 1.15 bits per heavy atom. The molecule has 0 N–H and O–H groups in total. The van der Waals surface area contributed by atoms with Crippen LogP contribution in [0.5, 0.6) is 5.75 Å². The van der Waals surface area contributed by atoms with Crippen molar-refractivity contribution in [3.8, 4) is 17.6 Å². The summed E-state index contributed by atoms with van der Waals surface area (Å²) in [5.41, 5.74) is -4.97. The molecule has 0 bridgehead atoms. The van der Waals surface area contributed by atoms with Gasteiger partial charge in [0.05, 0.1) is 19.8 Å². The number of rotatable bonds is 11. The molecule has 10 nitrogen and oxygen atoms in total. The Morgan fingerprint density at radius 3 is 2.50 bits per heavy atom. The number of hydrogen-bond donors (Lipinski definition) is 0. The van der Waals surface area contributed by atoms with E-state index in [1.54, 1.807) is 0 Å². The minimum atomic E-state index is -5.15. The first kappa shape index (κ1) is 31.1. The molecule has 0 amide bonds. The number of halogens is 3. The summed E-state index contributed by atoms with van der Waals surface area (Å²) in [7, 11) is 2.80. The molecule has 1 aromatic heterocycles. The Hall–Kier alpha value is -3.44. The van der Waals surface area contributed by atoms with Crippen LogP contribution in [0.25, 0.3) is 0 Å². The summed E-state index contributed by atoms with van der Waals surface area (Å²) in [6.07, 6.45) is -5.02. The van der Waals surface area contributed by atoms with Gasteiger partial charge in [0.15, 0.2) is 0 Å². The van der Waals surface area contributed by atoms with Crippen LogP contribution in [0.1, 0.15) is 54.8 Å². The molecule has 0 aliphatic carbocycles. The molecule has 40 heavy (non-hydrogen) atoms. The molecule has 0 saturated carbocycles. The number of methoxy groups -OCH3 is 2. The molecule has 2 heterocycles. The molecule has 1 aliphatic rings. The van der Waals surface area contributed by atoms with Crippen LogP contribution in [-0.4, -0.2) is 61.5 Å². The van der Waals surface area contributed by atoms with Gasteiger partial charge in [0.1, 0.15) is 37.0 Å². The molecular formula is C27H31F3N2O8. The summed E-state index contributed by atoms with van der Waals surface area (Å²) < 4.78 is 69.1. The summed E-state index contributed by atoms with van der Waals surface area (Å²) >= 11 is 0. The number of aromatic nitrogens is 2. The van der Waals surface area contributed by atoms with E-state index in [0.29, 0.717) is 22.9 Å². The second kappa shape index (κ2) is 14.3. The van der Waals surface area contributed by atoms with E-state index in [1.165, 1.54) is 38.5 Å². The number of carbonyl (C=O) groups excluding carboxylic acids is 1. The maximum atomic E-state index is 13.9. The quantitative estimate of drug-likeness (QED) is 0.231. The molecule has 1 aromatic carbocycles. The fraction of sp³-hybridized carbons (Fsp3) is 0.519. The zero-order valence-corrected chi connectivity index (χ0v) is 22.4. The highest BCUT2D eigenvalue weighted by atomic mass is 19.4. The predicted octanol–water partition coefficient (Wildman–Crippen LogP) is 3.21. The van der Waals surface area contributed by atoms with Crippen molar-refractivity contribution in [2.45, 2.75) is 57.2 Å². The number of ether oxygens (including phenoxy) is 5. The van der Waals surface area contributed by atoms with E-state index in [4.69, 9.17) is 23.7 Å². The third-order valence-corrected chi connectivity index (χ3v) is 6.08. The lowest BCUT2D eigenvalue weighted by molar-refractivity contribution is -0.140. The van der Waals surface area contributed by atoms with Gasteiger partial charge in [0.25, 0.3) is 11.5 Å². The van der Waals surface area contributed by atoms with Crippen molar-refractivity contribution in [2.75, 3.05) is 34.2 Å². The highest BCUT2D eigenvalue weighted by molar-refractivity contribution is 5.95. The molecule has 1 aliphatic heterocycles. The molecule has 1 saturated heterocycles. The standard InChI is InChI=1S/C27H31F3N2O8/c1-4-5-6-7-8-13-39-21-14-23(40-22(21)16-38-17-36-2)31-15-20(27(28,29)30)25(34)32(26(31)35)24(33)18-9-11-19(37-3)12-10-18/h9-12,15,21-23H,4-6,13-14,16-17H2,1-3H3/t21-,22+,23+/m0/s1. The van der Waals surface area contributed by atoms with E-state index < -0.39 is 47.3 Å². The first-order chi connectivity index (χ1) is 19.1. The van der Waals surface area contributed by atoms with Crippen molar-refractivity contribution in [3.05, 3.63) is 62.4 Å². The molecule has 0 spiro atoms. The van der Waals surface area contributed by atoms with Gasteiger partial charge in [0, 0.05) is 31.7 Å². The van der Waals surface area contributed by atoms with Crippen LogP contribution in [0.15, 0.2) is 40.1 Å². The molecule has 0 radical (unpaired) electrons. The van der Waals surface area contributed by atoms with Crippen molar-refractivity contribution in [2.24, 2.45) is 0 Å². The number of alkyl halides is 3. The molecule has 3 atom stereocenters. The van der Waals surface area contributed by atoms with Crippen molar-refractivity contribution >= 4 is 5.91 Å². The van der Waals surface area contributed by atoms with Crippen LogP contribution >= 0.6 is 0 Å². The van der Waals surface area contributed by atoms with Crippen molar-refractivity contribution < 1.29 is 41.7 Å². The minimum absolute atomic E-state index is 0.0311. The maximum Gasteiger partial charge on any atom is 0.423 e. The molecule has 1 fully saturated rings. The number of unbranched alkanes of at least 4 members (excludes halogenated alkanes) is 2. The fourth-order valence-electron chi connectivity index (χ4n) is 4.01. The number of carbonyl (C=O) groups is 1. The lowest BCUT2D eigenvalue weighted by Gasteiger charge is -2.19. The van der Waals surface area contributed by atoms with E-state index >= 15 is 0 Å². The molecule has 2 aromatic rings. The Balaban J connectivity index is 1.98. The number of nitrogens with zero attached hydrogens (tertiary/aromatic N) is 2. The van der Waals surface area contributed by atoms with Gasteiger partial charge >= 0.3 is 11.9 Å². The van der Waals surface area contributed by atoms with Gasteiger partial charge in [-0.1, -0.05) is 19.3 Å². The lowest BCUT2D eigenvalue weighted by Crippen LogP contribution is -2.47. The first-order valence-electron chi connectivity index (χ1n) is 12.6. The SMILES string of the molecule is CCCCC#CCO[C@H]1C[C@H](n2cc(C(F)(F)F)c(=O)n(C(=O)c3ccc(OC)cc3)c2=O)O[C@@H]1COCOC. The molecule has 13 heteroatoms. The van der Waals surface area contributed by atoms with Crippen molar-refractivity contribution in [1.29, 1.82) is 0 Å². The minimum Gasteiger partial charge on any atom is -0.497 e. The van der Waals surface area contributed by atoms with Crippen molar-refractivity contribution in [1.82, 2.24) is 9.13 Å². The van der Waals surface area contributed by atoms with Gasteiger partial charge in [-0.05, 0) is 30.7 Å². The van der Waals surface area contributed by atoms with Gasteiger partial charge in [-0.25, -0.2) is 4.79 Å².